The summed E-state index contributed by atoms with van der Waals surface area (Å²) in [5, 5.41) is 0.968. The van der Waals surface area contributed by atoms with Gasteiger partial charge in [0.05, 0.1) is 18.2 Å². The van der Waals surface area contributed by atoms with Crippen molar-refractivity contribution >= 4 is 62.5 Å². The van der Waals surface area contributed by atoms with Crippen LogP contribution in [-0.2, 0) is 4.79 Å². The van der Waals surface area contributed by atoms with Crippen LogP contribution in [0.4, 0.5) is 10.5 Å². The first-order chi connectivity index (χ1) is 14.3. The molecule has 0 bridgehead atoms. The molecule has 1 aliphatic carbocycles. The minimum atomic E-state index is -0.487. The zero-order valence-electron chi connectivity index (χ0n) is 15.9. The lowest BCUT2D eigenvalue weighted by Gasteiger charge is -2.47. The number of nitrogens with zero attached hydrogens (tertiary/aromatic N) is 2. The number of alkyl halides is 1. The van der Waals surface area contributed by atoms with Crippen molar-refractivity contribution in [3.8, 4) is 0 Å². The summed E-state index contributed by atoms with van der Waals surface area (Å²) < 4.78 is 0. The van der Waals surface area contributed by atoms with Gasteiger partial charge in [-0.25, -0.2) is 9.69 Å². The number of rotatable bonds is 4. The number of imide groups is 1. The maximum Gasteiger partial charge on any atom is 0.332 e. The van der Waals surface area contributed by atoms with Gasteiger partial charge < -0.3 is 4.90 Å². The molecule has 0 aromatic heterocycles. The van der Waals surface area contributed by atoms with Crippen molar-refractivity contribution < 1.29 is 14.4 Å². The second-order valence-electron chi connectivity index (χ2n) is 7.58. The Morgan fingerprint density at radius 1 is 1.03 bits per heavy atom. The van der Waals surface area contributed by atoms with Crippen LogP contribution in [0.25, 0.3) is 0 Å². The lowest BCUT2D eigenvalue weighted by atomic mass is 9.80. The molecule has 3 unspecified atom stereocenters. The smallest absolute Gasteiger partial charge is 0.312 e. The largest absolute Gasteiger partial charge is 0.332 e. The van der Waals surface area contributed by atoms with Crippen molar-refractivity contribution in [1.82, 2.24) is 4.90 Å². The summed E-state index contributed by atoms with van der Waals surface area (Å²) in [5.41, 5.74) is 0.890. The van der Waals surface area contributed by atoms with Gasteiger partial charge in [-0.1, -0.05) is 45.2 Å². The maximum atomic E-state index is 13.4. The first-order valence-electron chi connectivity index (χ1n) is 9.68. The number of hydrogen-bond donors (Lipinski definition) is 0. The molecule has 4 rings (SSSR count). The Kier molecular flexibility index (Phi) is 6.19. The van der Waals surface area contributed by atoms with Crippen molar-refractivity contribution in [2.75, 3.05) is 11.4 Å². The van der Waals surface area contributed by atoms with Crippen LogP contribution in [0.1, 0.15) is 29.6 Å². The highest BCUT2D eigenvalue weighted by Gasteiger charge is 2.49. The number of Topliss-reactive ketones (excluding diaryl/α,β-unsaturated/α-hetero) is 1. The monoisotopic (exact) mass is 508 g/mol. The fraction of sp³-hybridized carbons (Fsp3) is 0.318. The van der Waals surface area contributed by atoms with Gasteiger partial charge in [-0.2, -0.15) is 0 Å². The zero-order chi connectivity index (χ0) is 21.4. The molecule has 1 saturated heterocycles. The van der Waals surface area contributed by atoms with E-state index in [1.54, 1.807) is 53.4 Å². The molecule has 156 valence electrons. The third kappa shape index (κ3) is 4.13. The summed E-state index contributed by atoms with van der Waals surface area (Å²) in [6, 6.07) is 12.4. The summed E-state index contributed by atoms with van der Waals surface area (Å²) in [5.74, 6) is -0.815. The molecule has 0 N–H and O–H groups in total. The van der Waals surface area contributed by atoms with Gasteiger partial charge in [0.15, 0.2) is 5.78 Å². The average Bonchev–Trinajstić information content (AvgIpc) is 2.72. The topological polar surface area (TPSA) is 57.7 Å². The first-order valence-corrected chi connectivity index (χ1v) is 11.4. The van der Waals surface area contributed by atoms with E-state index < -0.39 is 6.03 Å². The Bertz CT molecular complexity index is 998. The molecule has 3 atom stereocenters. The highest BCUT2D eigenvalue weighted by atomic mass is 79.9. The SMILES string of the molecule is O=C(CN1C(=O)N(c2cccc(Cl)c2)C(=O)C2CC(Br)CCC21)c1ccc(Cl)cc1. The molecular formula is C22H19BrCl2N2O3. The average molecular weight is 510 g/mol. The molecule has 1 saturated carbocycles. The molecule has 2 aromatic carbocycles. The highest BCUT2D eigenvalue weighted by Crippen LogP contribution is 2.39. The molecule has 1 heterocycles. The summed E-state index contributed by atoms with van der Waals surface area (Å²) in [6.07, 6.45) is 2.11. The number of fused-ring (bicyclic) bond motifs is 1. The molecular weight excluding hydrogens is 491 g/mol. The van der Waals surface area contributed by atoms with Gasteiger partial charge in [0, 0.05) is 26.5 Å². The van der Waals surface area contributed by atoms with Crippen LogP contribution in [-0.4, -0.2) is 40.0 Å². The summed E-state index contributed by atoms with van der Waals surface area (Å²) >= 11 is 15.6. The van der Waals surface area contributed by atoms with E-state index in [0.717, 1.165) is 11.3 Å². The van der Waals surface area contributed by atoms with Crippen molar-refractivity contribution in [1.29, 1.82) is 0 Å². The Labute approximate surface area is 193 Å². The van der Waals surface area contributed by atoms with Crippen LogP contribution in [0, 0.1) is 5.92 Å². The minimum Gasteiger partial charge on any atom is -0.312 e. The molecule has 1 aliphatic heterocycles. The number of carbonyl (C=O) groups excluding carboxylic acids is 3. The lowest BCUT2D eigenvalue weighted by Crippen LogP contribution is -2.64. The van der Waals surface area contributed by atoms with Gasteiger partial charge in [-0.15, -0.1) is 0 Å². The molecule has 30 heavy (non-hydrogen) atoms. The standard InChI is InChI=1S/C22H19BrCl2N2O3/c23-14-6-9-19-18(10-14)21(29)27(17-3-1-2-16(25)11-17)22(30)26(19)12-20(28)13-4-7-15(24)8-5-13/h1-5,7-8,11,14,18-19H,6,9-10,12H2. The third-order valence-corrected chi connectivity index (χ3v) is 6.99. The van der Waals surface area contributed by atoms with Crippen molar-refractivity contribution in [2.45, 2.75) is 30.1 Å². The summed E-state index contributed by atoms with van der Waals surface area (Å²) in [4.78, 5) is 42.5. The van der Waals surface area contributed by atoms with Gasteiger partial charge in [-0.05, 0) is 61.7 Å². The second kappa shape index (κ2) is 8.69. The van der Waals surface area contributed by atoms with Gasteiger partial charge in [-0.3, -0.25) is 9.59 Å². The minimum absolute atomic E-state index is 0.0983. The number of hydrogen-bond acceptors (Lipinski definition) is 3. The number of carbonyl (C=O) groups is 3. The highest BCUT2D eigenvalue weighted by molar-refractivity contribution is 9.09. The van der Waals surface area contributed by atoms with Crippen LogP contribution in [0.15, 0.2) is 48.5 Å². The quantitative estimate of drug-likeness (QED) is 0.399. The second-order valence-corrected chi connectivity index (χ2v) is 9.75. The number of ketones is 1. The number of urea groups is 1. The number of benzene rings is 2. The summed E-state index contributed by atoms with van der Waals surface area (Å²) in [7, 11) is 0. The van der Waals surface area contributed by atoms with E-state index in [4.69, 9.17) is 23.2 Å². The van der Waals surface area contributed by atoms with E-state index in [9.17, 15) is 14.4 Å². The van der Waals surface area contributed by atoms with E-state index in [1.807, 2.05) is 0 Å². The molecule has 3 amide bonds. The fourth-order valence-corrected chi connectivity index (χ4v) is 5.17. The van der Waals surface area contributed by atoms with Crippen molar-refractivity contribution in [2.24, 2.45) is 5.92 Å². The van der Waals surface area contributed by atoms with Crippen molar-refractivity contribution in [3.63, 3.8) is 0 Å². The number of anilines is 1. The molecule has 8 heteroatoms. The lowest BCUT2D eigenvalue weighted by molar-refractivity contribution is -0.126. The maximum absolute atomic E-state index is 13.4. The van der Waals surface area contributed by atoms with Crippen LogP contribution < -0.4 is 4.90 Å². The Morgan fingerprint density at radius 3 is 2.47 bits per heavy atom. The Hall–Kier alpha value is -1.89. The Morgan fingerprint density at radius 2 is 1.77 bits per heavy atom. The molecule has 0 spiro atoms. The van der Waals surface area contributed by atoms with E-state index >= 15 is 0 Å². The first kappa shape index (κ1) is 21.3. The zero-order valence-corrected chi connectivity index (χ0v) is 19.0. The van der Waals surface area contributed by atoms with Crippen LogP contribution in [0.5, 0.6) is 0 Å². The normalized spacial score (nSPS) is 24.0. The van der Waals surface area contributed by atoms with E-state index in [2.05, 4.69) is 15.9 Å². The van der Waals surface area contributed by atoms with Gasteiger partial charge in [0.1, 0.15) is 0 Å². The van der Waals surface area contributed by atoms with Crippen molar-refractivity contribution in [3.05, 3.63) is 64.1 Å². The molecule has 2 fully saturated rings. The van der Waals surface area contributed by atoms with Crippen LogP contribution in [0.3, 0.4) is 0 Å². The van der Waals surface area contributed by atoms with Gasteiger partial charge in [0.25, 0.3) is 0 Å². The van der Waals surface area contributed by atoms with Crippen LogP contribution >= 0.6 is 39.1 Å². The summed E-state index contributed by atoms with van der Waals surface area (Å²) in [6.45, 7) is -0.0983. The predicted octanol–water partition coefficient (Wildman–Crippen LogP) is 5.58. The van der Waals surface area contributed by atoms with E-state index in [0.29, 0.717) is 34.1 Å². The molecule has 5 nitrogen and oxygen atoms in total. The van der Waals surface area contributed by atoms with Crippen LogP contribution in [0.2, 0.25) is 10.0 Å². The van der Waals surface area contributed by atoms with E-state index in [1.165, 1.54) is 0 Å². The van der Waals surface area contributed by atoms with Gasteiger partial charge in [0.2, 0.25) is 5.91 Å². The number of amides is 3. The Balaban J connectivity index is 1.68. The van der Waals surface area contributed by atoms with Gasteiger partial charge >= 0.3 is 6.03 Å². The van der Waals surface area contributed by atoms with E-state index in [-0.39, 0.29) is 35.0 Å². The number of halogens is 3. The third-order valence-electron chi connectivity index (χ3n) is 5.67. The molecule has 0 radical (unpaired) electrons. The molecule has 2 aromatic rings. The molecule has 2 aliphatic rings. The fourth-order valence-electron chi connectivity index (χ4n) is 4.19. The predicted molar refractivity (Wildman–Crippen MR) is 121 cm³/mol.